The van der Waals surface area contributed by atoms with Crippen molar-refractivity contribution in [3.63, 3.8) is 0 Å². The Kier molecular flexibility index (Phi) is 6.82. The van der Waals surface area contributed by atoms with Crippen LogP contribution in [0.4, 0.5) is 5.69 Å². The molecule has 1 atom stereocenters. The van der Waals surface area contributed by atoms with E-state index in [-0.39, 0.29) is 11.9 Å². The second-order valence-corrected chi connectivity index (χ2v) is 5.98. The molecule has 0 aliphatic heterocycles. The maximum Gasteiger partial charge on any atom is 0.225 e. The number of halogens is 2. The largest absolute Gasteiger partial charge is 0.495 e. The molecule has 0 aromatic heterocycles. The molecule has 0 aliphatic rings. The van der Waals surface area contributed by atoms with Crippen molar-refractivity contribution in [2.75, 3.05) is 12.4 Å². The Bertz CT molecular complexity index is 453. The summed E-state index contributed by atoms with van der Waals surface area (Å²) in [7, 11) is 1.58. The molecule has 106 valence electrons. The number of benzene rings is 1. The second kappa shape index (κ2) is 7.87. The number of carbonyl (C=O) groups is 1. The first-order valence-electron chi connectivity index (χ1n) is 6.06. The average Bonchev–Trinajstić information content (AvgIpc) is 2.32. The van der Waals surface area contributed by atoms with Crippen molar-refractivity contribution < 1.29 is 9.53 Å². The van der Waals surface area contributed by atoms with Gasteiger partial charge in [-0.1, -0.05) is 13.3 Å². The Hall–Kier alpha value is -0.590. The van der Waals surface area contributed by atoms with Crippen LogP contribution in [-0.2, 0) is 4.79 Å². The van der Waals surface area contributed by atoms with Gasteiger partial charge >= 0.3 is 0 Å². The zero-order chi connectivity index (χ0) is 14.4. The topological polar surface area (TPSA) is 64.4 Å². The van der Waals surface area contributed by atoms with Gasteiger partial charge in [-0.3, -0.25) is 4.79 Å². The van der Waals surface area contributed by atoms with Gasteiger partial charge in [0.2, 0.25) is 5.91 Å². The lowest BCUT2D eigenvalue weighted by Gasteiger charge is -2.13. The fourth-order valence-corrected chi connectivity index (χ4v) is 2.95. The van der Waals surface area contributed by atoms with Crippen LogP contribution in [0.3, 0.4) is 0 Å². The number of carbonyl (C=O) groups excluding carboxylic acids is 1. The minimum absolute atomic E-state index is 0.0916. The van der Waals surface area contributed by atoms with Gasteiger partial charge in [0.25, 0.3) is 0 Å². The van der Waals surface area contributed by atoms with Crippen molar-refractivity contribution in [1.82, 2.24) is 0 Å². The molecule has 0 bridgehead atoms. The Balaban J connectivity index is 2.73. The van der Waals surface area contributed by atoms with Gasteiger partial charge in [0.1, 0.15) is 5.75 Å². The summed E-state index contributed by atoms with van der Waals surface area (Å²) in [5.74, 6) is 0.572. The SMILES string of the molecule is CCCC(N)CC(=O)Nc1cc(OC)c(Br)cc1Br. The van der Waals surface area contributed by atoms with Gasteiger partial charge in [-0.15, -0.1) is 0 Å². The van der Waals surface area contributed by atoms with Crippen molar-refractivity contribution >= 4 is 43.5 Å². The molecule has 0 saturated heterocycles. The van der Waals surface area contributed by atoms with Crippen molar-refractivity contribution in [2.24, 2.45) is 5.73 Å². The lowest BCUT2D eigenvalue weighted by Crippen LogP contribution is -2.26. The second-order valence-electron chi connectivity index (χ2n) is 4.27. The highest BCUT2D eigenvalue weighted by molar-refractivity contribution is 9.11. The summed E-state index contributed by atoms with van der Waals surface area (Å²) in [6.07, 6.45) is 2.14. The van der Waals surface area contributed by atoms with Gasteiger partial charge in [-0.2, -0.15) is 0 Å². The number of hydrogen-bond acceptors (Lipinski definition) is 3. The molecule has 0 saturated carbocycles. The van der Waals surface area contributed by atoms with Crippen molar-refractivity contribution in [1.29, 1.82) is 0 Å². The van der Waals surface area contributed by atoms with Crippen LogP contribution in [0.5, 0.6) is 5.75 Å². The number of ether oxygens (including phenoxy) is 1. The van der Waals surface area contributed by atoms with Crippen molar-refractivity contribution in [3.05, 3.63) is 21.1 Å². The van der Waals surface area contributed by atoms with Crippen LogP contribution in [0.25, 0.3) is 0 Å². The monoisotopic (exact) mass is 392 g/mol. The number of rotatable bonds is 6. The third kappa shape index (κ3) is 5.12. The molecule has 1 aromatic carbocycles. The molecule has 0 aliphatic carbocycles. The van der Waals surface area contributed by atoms with E-state index in [1.54, 1.807) is 13.2 Å². The third-order valence-corrected chi connectivity index (χ3v) is 3.90. The molecule has 0 fully saturated rings. The molecule has 1 amide bonds. The molecule has 0 heterocycles. The Morgan fingerprint density at radius 2 is 2.11 bits per heavy atom. The summed E-state index contributed by atoms with van der Waals surface area (Å²) < 4.78 is 6.81. The molecule has 3 N–H and O–H groups in total. The Morgan fingerprint density at radius 1 is 1.42 bits per heavy atom. The molecular weight excluding hydrogens is 376 g/mol. The zero-order valence-electron chi connectivity index (χ0n) is 11.0. The molecule has 0 radical (unpaired) electrons. The highest BCUT2D eigenvalue weighted by atomic mass is 79.9. The molecule has 19 heavy (non-hydrogen) atoms. The molecule has 1 aromatic rings. The number of amides is 1. The lowest BCUT2D eigenvalue weighted by molar-refractivity contribution is -0.116. The van der Waals surface area contributed by atoms with E-state index in [9.17, 15) is 4.79 Å². The predicted octanol–water partition coefficient (Wildman–Crippen LogP) is 3.68. The van der Waals surface area contributed by atoms with E-state index in [0.717, 1.165) is 21.8 Å². The number of methoxy groups -OCH3 is 1. The van der Waals surface area contributed by atoms with Crippen LogP contribution < -0.4 is 15.8 Å². The van der Waals surface area contributed by atoms with E-state index >= 15 is 0 Å². The Morgan fingerprint density at radius 3 is 2.68 bits per heavy atom. The smallest absolute Gasteiger partial charge is 0.225 e. The van der Waals surface area contributed by atoms with Gasteiger partial charge in [0, 0.05) is 23.0 Å². The first-order valence-corrected chi connectivity index (χ1v) is 7.65. The van der Waals surface area contributed by atoms with Crippen LogP contribution in [0, 0.1) is 0 Å². The molecule has 1 rings (SSSR count). The average molecular weight is 394 g/mol. The lowest BCUT2D eigenvalue weighted by atomic mass is 10.1. The molecule has 1 unspecified atom stereocenters. The molecular formula is C13H18Br2N2O2. The van der Waals surface area contributed by atoms with Crippen LogP contribution in [-0.4, -0.2) is 19.1 Å². The van der Waals surface area contributed by atoms with E-state index in [0.29, 0.717) is 17.9 Å². The van der Waals surface area contributed by atoms with E-state index in [1.807, 2.05) is 13.0 Å². The van der Waals surface area contributed by atoms with Crippen molar-refractivity contribution in [3.8, 4) is 5.75 Å². The van der Waals surface area contributed by atoms with Gasteiger partial charge in [-0.05, 0) is 44.3 Å². The van der Waals surface area contributed by atoms with Gasteiger partial charge in [0.15, 0.2) is 0 Å². The fourth-order valence-electron chi connectivity index (χ4n) is 1.69. The maximum atomic E-state index is 11.9. The number of nitrogens with one attached hydrogen (secondary N) is 1. The summed E-state index contributed by atoms with van der Waals surface area (Å²) in [6.45, 7) is 2.05. The maximum absolute atomic E-state index is 11.9. The predicted molar refractivity (Wildman–Crippen MR) is 84.5 cm³/mol. The van der Waals surface area contributed by atoms with Gasteiger partial charge in [0.05, 0.1) is 17.3 Å². The minimum atomic E-state index is -0.0962. The minimum Gasteiger partial charge on any atom is -0.495 e. The quantitative estimate of drug-likeness (QED) is 0.774. The normalized spacial score (nSPS) is 12.1. The first-order chi connectivity index (χ1) is 8.97. The Labute approximate surface area is 130 Å². The summed E-state index contributed by atoms with van der Waals surface area (Å²) in [5, 5.41) is 2.83. The van der Waals surface area contributed by atoms with Crippen LogP contribution in [0.1, 0.15) is 26.2 Å². The van der Waals surface area contributed by atoms with Gasteiger partial charge in [-0.25, -0.2) is 0 Å². The van der Waals surface area contributed by atoms with E-state index in [2.05, 4.69) is 37.2 Å². The van der Waals surface area contributed by atoms with E-state index < -0.39 is 0 Å². The van der Waals surface area contributed by atoms with Crippen LogP contribution >= 0.6 is 31.9 Å². The van der Waals surface area contributed by atoms with Crippen LogP contribution in [0.2, 0.25) is 0 Å². The number of hydrogen-bond donors (Lipinski definition) is 2. The number of anilines is 1. The summed E-state index contributed by atoms with van der Waals surface area (Å²) in [6, 6.07) is 3.50. The van der Waals surface area contributed by atoms with E-state index in [1.165, 1.54) is 0 Å². The highest BCUT2D eigenvalue weighted by Crippen LogP contribution is 2.34. The summed E-state index contributed by atoms with van der Waals surface area (Å²) in [4.78, 5) is 11.9. The summed E-state index contributed by atoms with van der Waals surface area (Å²) in [5.41, 5.74) is 6.53. The third-order valence-electron chi connectivity index (χ3n) is 2.62. The highest BCUT2D eigenvalue weighted by Gasteiger charge is 2.12. The standard InChI is InChI=1S/C13H18Br2N2O2/c1-3-4-8(16)5-13(18)17-11-7-12(19-2)10(15)6-9(11)14/h6-8H,3-5,16H2,1-2H3,(H,17,18). The first kappa shape index (κ1) is 16.5. The molecule has 6 heteroatoms. The van der Waals surface area contributed by atoms with E-state index in [4.69, 9.17) is 10.5 Å². The van der Waals surface area contributed by atoms with Crippen LogP contribution in [0.15, 0.2) is 21.1 Å². The fraction of sp³-hybridized carbons (Fsp3) is 0.462. The molecule has 4 nitrogen and oxygen atoms in total. The van der Waals surface area contributed by atoms with Gasteiger partial charge < -0.3 is 15.8 Å². The zero-order valence-corrected chi connectivity index (χ0v) is 14.2. The number of nitrogens with two attached hydrogens (primary N) is 1. The summed E-state index contributed by atoms with van der Waals surface area (Å²) >= 11 is 6.79. The molecule has 0 spiro atoms. The van der Waals surface area contributed by atoms with Crippen molar-refractivity contribution in [2.45, 2.75) is 32.2 Å².